The van der Waals surface area contributed by atoms with E-state index in [1.165, 1.54) is 0 Å². The van der Waals surface area contributed by atoms with E-state index in [9.17, 15) is 4.79 Å². The van der Waals surface area contributed by atoms with Crippen molar-refractivity contribution in [2.45, 2.75) is 6.54 Å². The van der Waals surface area contributed by atoms with Crippen LogP contribution in [0.3, 0.4) is 0 Å². The molecular formula is C21H21N5O4. The monoisotopic (exact) mass is 407 g/mol. The molecule has 3 heterocycles. The fourth-order valence-corrected chi connectivity index (χ4v) is 3.25. The summed E-state index contributed by atoms with van der Waals surface area (Å²) in [5, 5.41) is 8.12. The van der Waals surface area contributed by atoms with Gasteiger partial charge in [-0.1, -0.05) is 0 Å². The molecule has 0 aliphatic heterocycles. The van der Waals surface area contributed by atoms with E-state index in [2.05, 4.69) is 20.4 Å². The summed E-state index contributed by atoms with van der Waals surface area (Å²) in [6, 6.07) is 10.8. The van der Waals surface area contributed by atoms with Crippen molar-refractivity contribution in [1.29, 1.82) is 0 Å². The molecule has 2 N–H and O–H groups in total. The highest BCUT2D eigenvalue weighted by molar-refractivity contribution is 6.03. The number of carbonyl (C=O) groups excluding carboxylic acids is 1. The van der Waals surface area contributed by atoms with Crippen molar-refractivity contribution in [3.05, 3.63) is 60.0 Å². The molecule has 0 radical (unpaired) electrons. The molecule has 30 heavy (non-hydrogen) atoms. The summed E-state index contributed by atoms with van der Waals surface area (Å²) in [6.45, 7) is 0.356. The molecular weight excluding hydrogens is 386 g/mol. The minimum absolute atomic E-state index is 0.307. The first kappa shape index (κ1) is 19.3. The molecule has 0 saturated carbocycles. The van der Waals surface area contributed by atoms with E-state index >= 15 is 0 Å². The van der Waals surface area contributed by atoms with E-state index in [0.717, 1.165) is 10.9 Å². The van der Waals surface area contributed by atoms with Crippen molar-refractivity contribution >= 4 is 22.8 Å². The number of pyridine rings is 1. The second-order valence-corrected chi connectivity index (χ2v) is 6.43. The first-order valence-electron chi connectivity index (χ1n) is 9.19. The molecule has 0 spiro atoms. The van der Waals surface area contributed by atoms with E-state index < -0.39 is 0 Å². The van der Waals surface area contributed by atoms with Gasteiger partial charge in [0.25, 0.3) is 5.91 Å². The SMILES string of the molecule is COc1ccc(Cn2nccc2NC(=O)c2ccc3cc[nH]c3n2)c(OC)c1OC. The average molecular weight is 407 g/mol. The van der Waals surface area contributed by atoms with Gasteiger partial charge in [-0.15, -0.1) is 0 Å². The van der Waals surface area contributed by atoms with Crippen LogP contribution in [0.1, 0.15) is 16.1 Å². The quantitative estimate of drug-likeness (QED) is 0.488. The van der Waals surface area contributed by atoms with Crippen LogP contribution < -0.4 is 19.5 Å². The highest BCUT2D eigenvalue weighted by atomic mass is 16.5. The number of hydrogen-bond acceptors (Lipinski definition) is 6. The first-order chi connectivity index (χ1) is 14.6. The van der Waals surface area contributed by atoms with Crippen molar-refractivity contribution < 1.29 is 19.0 Å². The third-order valence-corrected chi connectivity index (χ3v) is 4.71. The number of benzene rings is 1. The fourth-order valence-electron chi connectivity index (χ4n) is 3.25. The number of nitrogens with one attached hydrogen (secondary N) is 2. The van der Waals surface area contributed by atoms with Crippen LogP contribution in [0.25, 0.3) is 11.0 Å². The Labute approximate surface area is 172 Å². The Kier molecular flexibility index (Phi) is 5.25. The number of H-pyrrole nitrogens is 1. The van der Waals surface area contributed by atoms with E-state index in [1.54, 1.807) is 56.6 Å². The lowest BCUT2D eigenvalue weighted by Crippen LogP contribution is -2.17. The molecule has 0 bridgehead atoms. The van der Waals surface area contributed by atoms with E-state index in [4.69, 9.17) is 14.2 Å². The smallest absolute Gasteiger partial charge is 0.275 e. The third kappa shape index (κ3) is 3.52. The predicted molar refractivity (Wildman–Crippen MR) is 111 cm³/mol. The van der Waals surface area contributed by atoms with Gasteiger partial charge >= 0.3 is 0 Å². The predicted octanol–water partition coefficient (Wildman–Crippen LogP) is 3.09. The van der Waals surface area contributed by atoms with Crippen LogP contribution in [-0.4, -0.2) is 47.0 Å². The molecule has 0 atom stereocenters. The van der Waals surface area contributed by atoms with Crippen LogP contribution in [0.4, 0.5) is 5.82 Å². The topological polar surface area (TPSA) is 103 Å². The summed E-state index contributed by atoms with van der Waals surface area (Å²) in [6.07, 6.45) is 3.40. The van der Waals surface area contributed by atoms with Gasteiger partial charge < -0.3 is 24.5 Å². The van der Waals surface area contributed by atoms with Gasteiger partial charge in [-0.3, -0.25) is 4.79 Å². The Hall–Kier alpha value is -4.01. The number of aromatic nitrogens is 4. The maximum atomic E-state index is 12.7. The summed E-state index contributed by atoms with van der Waals surface area (Å²) in [4.78, 5) is 20.1. The van der Waals surface area contributed by atoms with Gasteiger partial charge in [0.05, 0.1) is 34.1 Å². The zero-order valence-electron chi connectivity index (χ0n) is 16.8. The fraction of sp³-hybridized carbons (Fsp3) is 0.190. The molecule has 4 rings (SSSR count). The van der Waals surface area contributed by atoms with Crippen LogP contribution in [0, 0.1) is 0 Å². The van der Waals surface area contributed by atoms with Gasteiger partial charge in [-0.2, -0.15) is 5.10 Å². The summed E-state index contributed by atoms with van der Waals surface area (Å²) >= 11 is 0. The van der Waals surface area contributed by atoms with Crippen LogP contribution in [0.2, 0.25) is 0 Å². The normalized spacial score (nSPS) is 10.8. The first-order valence-corrected chi connectivity index (χ1v) is 9.19. The second-order valence-electron chi connectivity index (χ2n) is 6.43. The van der Waals surface area contributed by atoms with Crippen molar-refractivity contribution in [2.75, 3.05) is 26.6 Å². The van der Waals surface area contributed by atoms with Gasteiger partial charge in [0, 0.05) is 23.2 Å². The average Bonchev–Trinajstić information content (AvgIpc) is 3.41. The number of rotatable bonds is 7. The summed E-state index contributed by atoms with van der Waals surface area (Å²) in [5.41, 5.74) is 1.79. The highest BCUT2D eigenvalue weighted by Gasteiger charge is 2.18. The molecule has 0 fully saturated rings. The van der Waals surface area contributed by atoms with Gasteiger partial charge in [-0.25, -0.2) is 9.67 Å². The Balaban J connectivity index is 1.58. The van der Waals surface area contributed by atoms with Crippen LogP contribution in [0.5, 0.6) is 17.2 Å². The molecule has 0 aliphatic rings. The van der Waals surface area contributed by atoms with Crippen LogP contribution in [0.15, 0.2) is 48.8 Å². The molecule has 0 aliphatic carbocycles. The Morgan fingerprint density at radius 3 is 2.63 bits per heavy atom. The number of methoxy groups -OCH3 is 3. The second kappa shape index (κ2) is 8.16. The molecule has 154 valence electrons. The zero-order chi connectivity index (χ0) is 21.1. The summed E-state index contributed by atoms with van der Waals surface area (Å²) < 4.78 is 18.0. The summed E-state index contributed by atoms with van der Waals surface area (Å²) in [7, 11) is 4.68. The lowest BCUT2D eigenvalue weighted by molar-refractivity contribution is 0.102. The lowest BCUT2D eigenvalue weighted by Gasteiger charge is -2.16. The van der Waals surface area contributed by atoms with E-state index in [1.807, 2.05) is 18.2 Å². The van der Waals surface area contributed by atoms with E-state index in [0.29, 0.717) is 41.0 Å². The van der Waals surface area contributed by atoms with Crippen LogP contribution in [-0.2, 0) is 6.54 Å². The zero-order valence-corrected chi connectivity index (χ0v) is 16.8. The minimum Gasteiger partial charge on any atom is -0.493 e. The Morgan fingerprint density at radius 1 is 1.03 bits per heavy atom. The van der Waals surface area contributed by atoms with Crippen LogP contribution >= 0.6 is 0 Å². The Bertz CT molecular complexity index is 1200. The van der Waals surface area contributed by atoms with Crippen molar-refractivity contribution in [3.8, 4) is 17.2 Å². The molecule has 0 saturated heterocycles. The maximum Gasteiger partial charge on any atom is 0.275 e. The van der Waals surface area contributed by atoms with E-state index in [-0.39, 0.29) is 5.91 Å². The largest absolute Gasteiger partial charge is 0.493 e. The molecule has 4 aromatic rings. The molecule has 9 heteroatoms. The van der Waals surface area contributed by atoms with Crippen molar-refractivity contribution in [2.24, 2.45) is 0 Å². The number of nitrogens with zero attached hydrogens (tertiary/aromatic N) is 3. The summed E-state index contributed by atoms with van der Waals surface area (Å²) in [5.74, 6) is 1.82. The number of ether oxygens (including phenoxy) is 3. The molecule has 3 aromatic heterocycles. The third-order valence-electron chi connectivity index (χ3n) is 4.71. The van der Waals surface area contributed by atoms with Gasteiger partial charge in [0.15, 0.2) is 11.5 Å². The van der Waals surface area contributed by atoms with Crippen molar-refractivity contribution in [1.82, 2.24) is 19.7 Å². The number of amides is 1. The maximum absolute atomic E-state index is 12.7. The molecule has 9 nitrogen and oxygen atoms in total. The number of anilines is 1. The Morgan fingerprint density at radius 2 is 1.87 bits per heavy atom. The highest BCUT2D eigenvalue weighted by Crippen LogP contribution is 2.40. The molecule has 1 aromatic carbocycles. The van der Waals surface area contributed by atoms with Gasteiger partial charge in [0.1, 0.15) is 17.2 Å². The number of hydrogen-bond donors (Lipinski definition) is 2. The number of aromatic amines is 1. The van der Waals surface area contributed by atoms with Gasteiger partial charge in [0.2, 0.25) is 5.75 Å². The lowest BCUT2D eigenvalue weighted by atomic mass is 10.1. The number of carbonyl (C=O) groups is 1. The minimum atomic E-state index is -0.326. The number of fused-ring (bicyclic) bond motifs is 1. The standard InChI is InChI=1S/C21H21N5O4/c1-28-16-7-5-14(18(29-2)19(16)30-3)12-26-17(9-11-23-26)25-21(27)15-6-4-13-8-10-22-20(13)24-15/h4-11H,12H2,1-3H3,(H,22,24)(H,25,27). The molecule has 1 amide bonds. The molecule has 0 unspecified atom stereocenters. The van der Waals surface area contributed by atoms with Crippen molar-refractivity contribution in [3.63, 3.8) is 0 Å². The van der Waals surface area contributed by atoms with Gasteiger partial charge in [-0.05, 0) is 30.3 Å².